The van der Waals surface area contributed by atoms with Gasteiger partial charge in [0, 0.05) is 6.20 Å². The maximum absolute atomic E-state index is 11.9. The van der Waals surface area contributed by atoms with Crippen molar-refractivity contribution in [1.82, 2.24) is 10.3 Å². The first-order valence-electron chi connectivity index (χ1n) is 6.51. The number of aromatic nitrogens is 1. The van der Waals surface area contributed by atoms with Crippen molar-refractivity contribution in [2.45, 2.75) is 12.5 Å². The van der Waals surface area contributed by atoms with Crippen LogP contribution in [-0.4, -0.2) is 28.8 Å². The molecule has 0 unspecified atom stereocenters. The van der Waals surface area contributed by atoms with Crippen LogP contribution in [0, 0.1) is 0 Å². The van der Waals surface area contributed by atoms with Crippen LogP contribution in [0.15, 0.2) is 48.7 Å². The minimum Gasteiger partial charge on any atom is -0.394 e. The normalized spacial score (nSPS) is 11.7. The molecule has 0 aliphatic carbocycles. The van der Waals surface area contributed by atoms with Crippen molar-refractivity contribution in [3.63, 3.8) is 0 Å². The molecule has 0 aliphatic rings. The van der Waals surface area contributed by atoms with Crippen LogP contribution in [0.5, 0.6) is 0 Å². The lowest BCUT2D eigenvalue weighted by atomic mass is 10.1. The molecule has 6 heteroatoms. The van der Waals surface area contributed by atoms with Gasteiger partial charge in [-0.25, -0.2) is 9.78 Å². The molecule has 0 saturated heterocycles. The van der Waals surface area contributed by atoms with Crippen LogP contribution in [-0.2, 0) is 6.42 Å². The zero-order chi connectivity index (χ0) is 15.1. The predicted octanol–water partition coefficient (Wildman–Crippen LogP) is 2.46. The standard InChI is InChI=1S/C15H16ClN3O2/c16-12-6-7-14(17-9-12)19-15(21)18-13(10-20)8-11-4-2-1-3-5-11/h1-7,9,13,20H,8,10H2,(H2,17,18,19,21)/t13-/m1/s1. The lowest BCUT2D eigenvalue weighted by molar-refractivity contribution is 0.224. The van der Waals surface area contributed by atoms with E-state index in [4.69, 9.17) is 11.6 Å². The maximum Gasteiger partial charge on any atom is 0.320 e. The molecule has 2 amide bonds. The summed E-state index contributed by atoms with van der Waals surface area (Å²) >= 11 is 5.72. The van der Waals surface area contributed by atoms with Gasteiger partial charge >= 0.3 is 6.03 Å². The van der Waals surface area contributed by atoms with Crippen LogP contribution in [0.2, 0.25) is 5.02 Å². The molecule has 0 saturated carbocycles. The zero-order valence-corrected chi connectivity index (χ0v) is 12.0. The zero-order valence-electron chi connectivity index (χ0n) is 11.3. The monoisotopic (exact) mass is 305 g/mol. The number of anilines is 1. The summed E-state index contributed by atoms with van der Waals surface area (Å²) < 4.78 is 0. The third-order valence-electron chi connectivity index (χ3n) is 2.85. The van der Waals surface area contributed by atoms with Crippen molar-refractivity contribution in [3.8, 4) is 0 Å². The molecule has 1 aromatic carbocycles. The van der Waals surface area contributed by atoms with E-state index in [0.29, 0.717) is 17.3 Å². The molecule has 0 radical (unpaired) electrons. The number of aliphatic hydroxyl groups is 1. The van der Waals surface area contributed by atoms with Gasteiger partial charge in [0.2, 0.25) is 0 Å². The van der Waals surface area contributed by atoms with Gasteiger partial charge in [0.25, 0.3) is 0 Å². The van der Waals surface area contributed by atoms with Crippen molar-refractivity contribution in [2.75, 3.05) is 11.9 Å². The molecule has 1 aromatic heterocycles. The fourth-order valence-corrected chi connectivity index (χ4v) is 1.96. The van der Waals surface area contributed by atoms with Crippen LogP contribution in [0.3, 0.4) is 0 Å². The van der Waals surface area contributed by atoms with E-state index in [1.54, 1.807) is 12.1 Å². The lowest BCUT2D eigenvalue weighted by Gasteiger charge is -2.16. The van der Waals surface area contributed by atoms with Gasteiger partial charge in [0.15, 0.2) is 0 Å². The minimum atomic E-state index is -0.417. The molecule has 1 atom stereocenters. The molecule has 0 fully saturated rings. The number of hydrogen-bond donors (Lipinski definition) is 3. The van der Waals surface area contributed by atoms with Crippen LogP contribution < -0.4 is 10.6 Å². The molecule has 110 valence electrons. The highest BCUT2D eigenvalue weighted by atomic mass is 35.5. The highest BCUT2D eigenvalue weighted by Gasteiger charge is 2.12. The van der Waals surface area contributed by atoms with Gasteiger partial charge in [-0.2, -0.15) is 0 Å². The van der Waals surface area contributed by atoms with Gasteiger partial charge in [-0.15, -0.1) is 0 Å². The average molecular weight is 306 g/mol. The Morgan fingerprint density at radius 2 is 2.00 bits per heavy atom. The molecular formula is C15H16ClN3O2. The van der Waals surface area contributed by atoms with E-state index in [0.717, 1.165) is 5.56 Å². The summed E-state index contributed by atoms with van der Waals surface area (Å²) in [5.74, 6) is 0.397. The number of rotatable bonds is 5. The molecule has 2 rings (SSSR count). The van der Waals surface area contributed by atoms with E-state index in [1.807, 2.05) is 30.3 Å². The van der Waals surface area contributed by atoms with E-state index in [9.17, 15) is 9.90 Å². The molecule has 3 N–H and O–H groups in total. The second-order valence-electron chi connectivity index (χ2n) is 4.53. The molecule has 2 aromatic rings. The Morgan fingerprint density at radius 1 is 1.24 bits per heavy atom. The predicted molar refractivity (Wildman–Crippen MR) is 82.4 cm³/mol. The number of nitrogens with one attached hydrogen (secondary N) is 2. The summed E-state index contributed by atoms with van der Waals surface area (Å²) in [7, 11) is 0. The summed E-state index contributed by atoms with van der Waals surface area (Å²) in [5, 5.41) is 15.2. The van der Waals surface area contributed by atoms with Crippen molar-refractivity contribution in [2.24, 2.45) is 0 Å². The average Bonchev–Trinajstić information content (AvgIpc) is 2.50. The quantitative estimate of drug-likeness (QED) is 0.794. The van der Waals surface area contributed by atoms with Gasteiger partial charge in [-0.3, -0.25) is 5.32 Å². The van der Waals surface area contributed by atoms with E-state index in [1.165, 1.54) is 6.20 Å². The van der Waals surface area contributed by atoms with Gasteiger partial charge < -0.3 is 10.4 Å². The molecule has 1 heterocycles. The summed E-state index contributed by atoms with van der Waals surface area (Å²) in [6.07, 6.45) is 2.00. The number of benzene rings is 1. The van der Waals surface area contributed by atoms with Crippen LogP contribution >= 0.6 is 11.6 Å². The topological polar surface area (TPSA) is 74.2 Å². The third kappa shape index (κ3) is 5.06. The van der Waals surface area contributed by atoms with E-state index < -0.39 is 6.03 Å². The minimum absolute atomic E-state index is 0.142. The highest BCUT2D eigenvalue weighted by Crippen LogP contribution is 2.09. The first kappa shape index (κ1) is 15.3. The Kier molecular flexibility index (Phi) is 5.54. The number of aliphatic hydroxyl groups excluding tert-OH is 1. The second-order valence-corrected chi connectivity index (χ2v) is 4.97. The Hall–Kier alpha value is -2.11. The van der Waals surface area contributed by atoms with Crippen LogP contribution in [0.25, 0.3) is 0 Å². The van der Waals surface area contributed by atoms with Crippen molar-refractivity contribution in [3.05, 3.63) is 59.2 Å². The van der Waals surface area contributed by atoms with Gasteiger partial charge in [0.05, 0.1) is 17.7 Å². The molecule has 5 nitrogen and oxygen atoms in total. The molecule has 0 aliphatic heterocycles. The molecular weight excluding hydrogens is 290 g/mol. The number of nitrogens with zero attached hydrogens (tertiary/aromatic N) is 1. The van der Waals surface area contributed by atoms with Crippen molar-refractivity contribution in [1.29, 1.82) is 0 Å². The largest absolute Gasteiger partial charge is 0.394 e. The van der Waals surface area contributed by atoms with Crippen molar-refractivity contribution >= 4 is 23.4 Å². The number of carbonyl (C=O) groups is 1. The summed E-state index contributed by atoms with van der Waals surface area (Å²) in [6, 6.07) is 12.1. The van der Waals surface area contributed by atoms with Crippen LogP contribution in [0.1, 0.15) is 5.56 Å². The first-order valence-corrected chi connectivity index (χ1v) is 6.89. The van der Waals surface area contributed by atoms with Gasteiger partial charge in [-0.05, 0) is 24.1 Å². The number of halogens is 1. The van der Waals surface area contributed by atoms with Gasteiger partial charge in [0.1, 0.15) is 5.82 Å². The smallest absolute Gasteiger partial charge is 0.320 e. The van der Waals surface area contributed by atoms with E-state index in [-0.39, 0.29) is 12.6 Å². The third-order valence-corrected chi connectivity index (χ3v) is 3.07. The first-order chi connectivity index (χ1) is 10.2. The Morgan fingerprint density at radius 3 is 2.62 bits per heavy atom. The van der Waals surface area contributed by atoms with E-state index >= 15 is 0 Å². The van der Waals surface area contributed by atoms with Gasteiger partial charge in [-0.1, -0.05) is 41.9 Å². The summed E-state index contributed by atoms with van der Waals surface area (Å²) in [4.78, 5) is 15.8. The number of hydrogen-bond acceptors (Lipinski definition) is 3. The van der Waals surface area contributed by atoms with Crippen molar-refractivity contribution < 1.29 is 9.90 Å². The molecule has 21 heavy (non-hydrogen) atoms. The number of urea groups is 1. The molecule has 0 spiro atoms. The number of carbonyl (C=O) groups excluding carboxylic acids is 1. The SMILES string of the molecule is O=C(Nc1ccc(Cl)cn1)N[C@@H](CO)Cc1ccccc1. The van der Waals surface area contributed by atoms with Crippen LogP contribution in [0.4, 0.5) is 10.6 Å². The summed E-state index contributed by atoms with van der Waals surface area (Å²) in [5.41, 5.74) is 1.04. The summed E-state index contributed by atoms with van der Waals surface area (Å²) in [6.45, 7) is -0.142. The number of amides is 2. The Bertz CT molecular complexity index is 575. The second kappa shape index (κ2) is 7.61. The molecule has 0 bridgehead atoms. The Labute approximate surface area is 128 Å². The maximum atomic E-state index is 11.9. The fourth-order valence-electron chi connectivity index (χ4n) is 1.85. The highest BCUT2D eigenvalue weighted by molar-refractivity contribution is 6.30. The Balaban J connectivity index is 1.89. The fraction of sp³-hybridized carbons (Fsp3) is 0.200. The number of pyridine rings is 1. The van der Waals surface area contributed by atoms with E-state index in [2.05, 4.69) is 15.6 Å². The lowest BCUT2D eigenvalue weighted by Crippen LogP contribution is -2.41.